The fourth-order valence-electron chi connectivity index (χ4n) is 3.08. The van der Waals surface area contributed by atoms with E-state index in [-0.39, 0.29) is 35.8 Å². The lowest BCUT2D eigenvalue weighted by Crippen LogP contribution is -2.42. The van der Waals surface area contributed by atoms with Gasteiger partial charge in [-0.15, -0.1) is 0 Å². The van der Waals surface area contributed by atoms with E-state index in [9.17, 15) is 14.0 Å². The van der Waals surface area contributed by atoms with E-state index in [1.807, 2.05) is 0 Å². The largest absolute Gasteiger partial charge is 0.478 e. The normalized spacial score (nSPS) is 22.4. The third kappa shape index (κ3) is 4.71. The van der Waals surface area contributed by atoms with Crippen LogP contribution in [0.5, 0.6) is 0 Å². The Bertz CT molecular complexity index is 649. The lowest BCUT2D eigenvalue weighted by molar-refractivity contribution is -0.119. The molecule has 1 saturated heterocycles. The van der Waals surface area contributed by atoms with Crippen molar-refractivity contribution in [2.24, 2.45) is 0 Å². The summed E-state index contributed by atoms with van der Waals surface area (Å²) in [5.74, 6) is -1.80. The molecular formula is C16H19BClFN2O4. The predicted molar refractivity (Wildman–Crippen MR) is 90.7 cm³/mol. The Hall–Kier alpha value is -1.64. The molecule has 2 atom stereocenters. The maximum absolute atomic E-state index is 13.6. The fourth-order valence-corrected chi connectivity index (χ4v) is 3.25. The summed E-state index contributed by atoms with van der Waals surface area (Å²) in [6, 6.07) is 3.66. The molecule has 3 rings (SSSR count). The first-order chi connectivity index (χ1) is 12.0. The second-order valence-corrected chi connectivity index (χ2v) is 6.61. The SMILES string of the molecule is O=C(CNC(=O)c1cc(Cl)ccc1F)NCB1OC2CCCCC2O1. The van der Waals surface area contributed by atoms with Crippen molar-refractivity contribution in [2.75, 3.05) is 13.0 Å². The summed E-state index contributed by atoms with van der Waals surface area (Å²) in [5.41, 5.74) is -0.202. The van der Waals surface area contributed by atoms with Crippen molar-refractivity contribution >= 4 is 30.5 Å². The van der Waals surface area contributed by atoms with Gasteiger partial charge in [0.25, 0.3) is 5.91 Å². The van der Waals surface area contributed by atoms with Gasteiger partial charge in [-0.3, -0.25) is 9.59 Å². The summed E-state index contributed by atoms with van der Waals surface area (Å²) in [6.45, 7) is -0.273. The molecule has 2 amide bonds. The highest BCUT2D eigenvalue weighted by molar-refractivity contribution is 6.45. The summed E-state index contributed by atoms with van der Waals surface area (Å²) >= 11 is 5.74. The number of carbonyl (C=O) groups excluding carboxylic acids is 2. The van der Waals surface area contributed by atoms with Gasteiger partial charge in [-0.25, -0.2) is 4.39 Å². The van der Waals surface area contributed by atoms with Gasteiger partial charge >= 0.3 is 7.12 Å². The van der Waals surface area contributed by atoms with Crippen LogP contribution in [-0.2, 0) is 14.1 Å². The van der Waals surface area contributed by atoms with Crippen LogP contribution in [-0.4, -0.2) is 44.1 Å². The van der Waals surface area contributed by atoms with Crippen LogP contribution >= 0.6 is 11.6 Å². The van der Waals surface area contributed by atoms with E-state index in [2.05, 4.69) is 10.6 Å². The number of fused-ring (bicyclic) bond motifs is 1. The van der Waals surface area contributed by atoms with Gasteiger partial charge in [0.05, 0.1) is 30.8 Å². The number of nitrogens with one attached hydrogen (secondary N) is 2. The molecule has 0 radical (unpaired) electrons. The van der Waals surface area contributed by atoms with E-state index in [0.717, 1.165) is 31.7 Å². The van der Waals surface area contributed by atoms with Crippen molar-refractivity contribution in [3.05, 3.63) is 34.6 Å². The van der Waals surface area contributed by atoms with Crippen molar-refractivity contribution < 1.29 is 23.3 Å². The number of amides is 2. The molecule has 1 aromatic rings. The average Bonchev–Trinajstić information content (AvgIpc) is 3.03. The third-order valence-corrected chi connectivity index (χ3v) is 4.58. The standard InChI is InChI=1S/C16H19BClFN2O4/c18-10-5-6-12(19)11(7-10)16(23)20-8-15(22)21-9-17-24-13-3-1-2-4-14(13)25-17/h5-7,13-14H,1-4,8-9H2,(H,20,23)(H,21,22). The lowest BCUT2D eigenvalue weighted by Gasteiger charge is -2.22. The van der Waals surface area contributed by atoms with Gasteiger partial charge in [0.1, 0.15) is 5.82 Å². The Kier molecular flexibility index (Phi) is 5.93. The van der Waals surface area contributed by atoms with Crippen LogP contribution in [0.1, 0.15) is 36.0 Å². The van der Waals surface area contributed by atoms with E-state index in [0.29, 0.717) is 0 Å². The fraction of sp³-hybridized carbons (Fsp3) is 0.500. The van der Waals surface area contributed by atoms with E-state index >= 15 is 0 Å². The molecule has 9 heteroatoms. The quantitative estimate of drug-likeness (QED) is 0.776. The maximum Gasteiger partial charge on any atom is 0.478 e. The highest BCUT2D eigenvalue weighted by atomic mass is 35.5. The minimum atomic E-state index is -0.700. The molecule has 1 aliphatic carbocycles. The number of halogens is 2. The van der Waals surface area contributed by atoms with Crippen LogP contribution in [0.2, 0.25) is 5.02 Å². The second-order valence-electron chi connectivity index (χ2n) is 6.17. The smallest absolute Gasteiger partial charge is 0.405 e. The number of carbonyl (C=O) groups is 2. The molecular weight excluding hydrogens is 349 g/mol. The van der Waals surface area contributed by atoms with Gasteiger partial charge in [-0.05, 0) is 31.0 Å². The maximum atomic E-state index is 13.6. The molecule has 1 heterocycles. The van der Waals surface area contributed by atoms with E-state index in [4.69, 9.17) is 20.9 Å². The lowest BCUT2D eigenvalue weighted by atomic mass is 9.91. The molecule has 1 aromatic carbocycles. The molecule has 25 heavy (non-hydrogen) atoms. The van der Waals surface area contributed by atoms with E-state index in [1.54, 1.807) is 0 Å². The summed E-state index contributed by atoms with van der Waals surface area (Å²) in [7, 11) is -0.460. The summed E-state index contributed by atoms with van der Waals surface area (Å²) < 4.78 is 25.1. The second kappa shape index (κ2) is 8.16. The van der Waals surface area contributed by atoms with Crippen molar-refractivity contribution in [3.63, 3.8) is 0 Å². The van der Waals surface area contributed by atoms with Gasteiger partial charge < -0.3 is 19.9 Å². The van der Waals surface area contributed by atoms with Crippen LogP contribution in [0.25, 0.3) is 0 Å². The van der Waals surface area contributed by atoms with E-state index < -0.39 is 24.7 Å². The van der Waals surface area contributed by atoms with Crippen molar-refractivity contribution in [1.82, 2.24) is 10.6 Å². The van der Waals surface area contributed by atoms with Crippen LogP contribution < -0.4 is 10.6 Å². The summed E-state index contributed by atoms with van der Waals surface area (Å²) in [5, 5.41) is 5.25. The van der Waals surface area contributed by atoms with Crippen LogP contribution in [0, 0.1) is 5.82 Å². The Labute approximate surface area is 150 Å². The molecule has 0 aromatic heterocycles. The zero-order chi connectivity index (χ0) is 17.8. The summed E-state index contributed by atoms with van der Waals surface area (Å²) in [4.78, 5) is 23.8. The Morgan fingerprint density at radius 3 is 2.56 bits per heavy atom. The topological polar surface area (TPSA) is 76.7 Å². The van der Waals surface area contributed by atoms with Gasteiger partial charge in [0.2, 0.25) is 5.91 Å². The molecule has 2 fully saturated rings. The van der Waals surface area contributed by atoms with Crippen molar-refractivity contribution in [3.8, 4) is 0 Å². The number of rotatable bonds is 5. The van der Waals surface area contributed by atoms with Crippen LogP contribution in [0.15, 0.2) is 18.2 Å². The van der Waals surface area contributed by atoms with Gasteiger partial charge in [0.15, 0.2) is 0 Å². The first kappa shape index (κ1) is 18.2. The molecule has 2 unspecified atom stereocenters. The summed E-state index contributed by atoms with van der Waals surface area (Å²) in [6.07, 6.45) is 4.67. The van der Waals surface area contributed by atoms with Crippen molar-refractivity contribution in [1.29, 1.82) is 0 Å². The highest BCUT2D eigenvalue weighted by Crippen LogP contribution is 2.29. The van der Waals surface area contributed by atoms with Crippen LogP contribution in [0.4, 0.5) is 4.39 Å². The zero-order valence-corrected chi connectivity index (χ0v) is 14.4. The molecule has 6 nitrogen and oxygen atoms in total. The molecule has 0 bridgehead atoms. The molecule has 0 spiro atoms. The Morgan fingerprint density at radius 1 is 1.20 bits per heavy atom. The number of hydrogen-bond donors (Lipinski definition) is 2. The van der Waals surface area contributed by atoms with Crippen molar-refractivity contribution in [2.45, 2.75) is 37.9 Å². The molecule has 1 aliphatic heterocycles. The molecule has 2 aliphatic rings. The first-order valence-corrected chi connectivity index (χ1v) is 8.71. The third-order valence-electron chi connectivity index (χ3n) is 4.34. The highest BCUT2D eigenvalue weighted by Gasteiger charge is 2.40. The monoisotopic (exact) mass is 368 g/mol. The van der Waals surface area contributed by atoms with Gasteiger partial charge in [-0.2, -0.15) is 0 Å². The predicted octanol–water partition coefficient (Wildman–Crippen LogP) is 1.71. The minimum Gasteiger partial charge on any atom is -0.405 e. The number of hydrogen-bond acceptors (Lipinski definition) is 4. The number of benzene rings is 1. The first-order valence-electron chi connectivity index (χ1n) is 8.34. The van der Waals surface area contributed by atoms with Gasteiger partial charge in [0, 0.05) is 5.02 Å². The zero-order valence-electron chi connectivity index (χ0n) is 13.6. The molecule has 134 valence electrons. The molecule has 2 N–H and O–H groups in total. The molecule has 1 saturated carbocycles. The average molecular weight is 369 g/mol. The Morgan fingerprint density at radius 2 is 1.88 bits per heavy atom. The Balaban J connectivity index is 1.41. The van der Waals surface area contributed by atoms with Crippen LogP contribution in [0.3, 0.4) is 0 Å². The van der Waals surface area contributed by atoms with Gasteiger partial charge in [-0.1, -0.05) is 24.4 Å². The minimum absolute atomic E-state index is 0.112. The van der Waals surface area contributed by atoms with E-state index in [1.165, 1.54) is 12.1 Å².